The number of anilines is 1. The summed E-state index contributed by atoms with van der Waals surface area (Å²) in [4.78, 5) is 13.4. The van der Waals surface area contributed by atoms with Crippen LogP contribution in [0, 0.1) is 23.0 Å². The molecule has 22 heavy (non-hydrogen) atoms. The minimum atomic E-state index is -0.553. The minimum Gasteiger partial charge on any atom is -0.323 e. The summed E-state index contributed by atoms with van der Waals surface area (Å²) in [5.41, 5.74) is 0.893. The third-order valence-electron chi connectivity index (χ3n) is 3.00. The maximum absolute atomic E-state index is 13.1. The molecule has 0 saturated heterocycles. The predicted octanol–water partition coefficient (Wildman–Crippen LogP) is 3.50. The van der Waals surface area contributed by atoms with E-state index in [0.717, 1.165) is 12.1 Å². The normalized spacial score (nSPS) is 9.91. The zero-order valence-corrected chi connectivity index (χ0v) is 11.8. The molecule has 0 aliphatic rings. The molecule has 112 valence electrons. The molecule has 4 nitrogen and oxygen atoms in total. The molecule has 0 saturated carbocycles. The molecule has 0 aliphatic carbocycles. The molecule has 2 rings (SSSR count). The fourth-order valence-electron chi connectivity index (χ4n) is 1.91. The average Bonchev–Trinajstić information content (AvgIpc) is 2.48. The van der Waals surface area contributed by atoms with Crippen LogP contribution in [-0.2, 0) is 6.54 Å². The Hall–Kier alpha value is -2.94. The van der Waals surface area contributed by atoms with E-state index in [0.29, 0.717) is 5.56 Å². The van der Waals surface area contributed by atoms with Crippen molar-refractivity contribution in [3.63, 3.8) is 0 Å². The summed E-state index contributed by atoms with van der Waals surface area (Å²) < 4.78 is 26.2. The highest BCUT2D eigenvalue weighted by Crippen LogP contribution is 2.17. The summed E-state index contributed by atoms with van der Waals surface area (Å²) in [6.45, 7) is 0.201. The first-order valence-corrected chi connectivity index (χ1v) is 6.46. The van der Waals surface area contributed by atoms with Crippen molar-refractivity contribution in [2.24, 2.45) is 0 Å². The zero-order chi connectivity index (χ0) is 16.1. The van der Waals surface area contributed by atoms with Crippen molar-refractivity contribution in [3.8, 4) is 6.07 Å². The molecule has 0 radical (unpaired) electrons. The maximum atomic E-state index is 13.1. The number of benzene rings is 2. The summed E-state index contributed by atoms with van der Waals surface area (Å²) in [5.74, 6) is -0.931. The van der Waals surface area contributed by atoms with Crippen molar-refractivity contribution < 1.29 is 13.6 Å². The Morgan fingerprint density at radius 2 is 1.95 bits per heavy atom. The monoisotopic (exact) mass is 301 g/mol. The number of halogens is 2. The second-order valence-corrected chi connectivity index (χ2v) is 4.72. The molecule has 2 aromatic carbocycles. The van der Waals surface area contributed by atoms with Crippen LogP contribution >= 0.6 is 0 Å². The van der Waals surface area contributed by atoms with Crippen molar-refractivity contribution in [2.45, 2.75) is 6.54 Å². The van der Waals surface area contributed by atoms with Crippen molar-refractivity contribution in [1.82, 2.24) is 4.90 Å². The number of rotatable bonds is 3. The molecule has 2 aromatic rings. The van der Waals surface area contributed by atoms with Gasteiger partial charge in [-0.1, -0.05) is 12.1 Å². The van der Waals surface area contributed by atoms with E-state index in [1.807, 2.05) is 6.07 Å². The SMILES string of the molecule is CN(Cc1cccc(F)c1)C(=O)Nc1ccc(F)cc1C#N. The molecule has 0 heterocycles. The first-order chi connectivity index (χ1) is 10.5. The smallest absolute Gasteiger partial charge is 0.321 e. The number of hydrogen-bond donors (Lipinski definition) is 1. The quantitative estimate of drug-likeness (QED) is 0.943. The minimum absolute atomic E-state index is 0.0347. The Morgan fingerprint density at radius 3 is 2.64 bits per heavy atom. The molecule has 0 aromatic heterocycles. The number of nitrogens with one attached hydrogen (secondary N) is 1. The van der Waals surface area contributed by atoms with Crippen LogP contribution in [0.1, 0.15) is 11.1 Å². The van der Waals surface area contributed by atoms with Gasteiger partial charge in [-0.3, -0.25) is 0 Å². The lowest BCUT2D eigenvalue weighted by Crippen LogP contribution is -2.31. The lowest BCUT2D eigenvalue weighted by molar-refractivity contribution is 0.220. The Balaban J connectivity index is 2.07. The van der Waals surface area contributed by atoms with Gasteiger partial charge >= 0.3 is 6.03 Å². The van der Waals surface area contributed by atoms with Crippen molar-refractivity contribution in [1.29, 1.82) is 5.26 Å². The highest BCUT2D eigenvalue weighted by atomic mass is 19.1. The topological polar surface area (TPSA) is 56.1 Å². The molecule has 2 amide bonds. The van der Waals surface area contributed by atoms with Crippen LogP contribution in [0.25, 0.3) is 0 Å². The molecule has 6 heteroatoms. The number of carbonyl (C=O) groups excluding carboxylic acids is 1. The lowest BCUT2D eigenvalue weighted by Gasteiger charge is -2.18. The number of hydrogen-bond acceptors (Lipinski definition) is 2. The molecular formula is C16H13F2N3O. The van der Waals surface area contributed by atoms with Crippen molar-refractivity contribution >= 4 is 11.7 Å². The molecular weight excluding hydrogens is 288 g/mol. The fraction of sp³-hybridized carbons (Fsp3) is 0.125. The van der Waals surface area contributed by atoms with Gasteiger partial charge in [0.1, 0.15) is 17.7 Å². The zero-order valence-electron chi connectivity index (χ0n) is 11.8. The molecule has 0 unspecified atom stereocenters. The summed E-state index contributed by atoms with van der Waals surface area (Å²) >= 11 is 0. The average molecular weight is 301 g/mol. The van der Waals surface area contributed by atoms with Gasteiger partial charge in [0.05, 0.1) is 11.3 Å². The second-order valence-electron chi connectivity index (χ2n) is 4.72. The van der Waals surface area contributed by atoms with Crippen LogP contribution in [0.5, 0.6) is 0 Å². The molecule has 0 spiro atoms. The highest BCUT2D eigenvalue weighted by Gasteiger charge is 2.12. The van der Waals surface area contributed by atoms with E-state index in [1.165, 1.54) is 30.1 Å². The third kappa shape index (κ3) is 3.79. The van der Waals surface area contributed by atoms with Crippen molar-refractivity contribution in [2.75, 3.05) is 12.4 Å². The Morgan fingerprint density at radius 1 is 1.23 bits per heavy atom. The van der Waals surface area contributed by atoms with Gasteiger partial charge in [0.25, 0.3) is 0 Å². The van der Waals surface area contributed by atoms with Gasteiger partial charge in [-0.25, -0.2) is 13.6 Å². The van der Waals surface area contributed by atoms with Crippen LogP contribution in [0.15, 0.2) is 42.5 Å². The summed E-state index contributed by atoms with van der Waals surface area (Å²) in [6.07, 6.45) is 0. The van der Waals surface area contributed by atoms with Crippen LogP contribution in [-0.4, -0.2) is 18.0 Å². The fourth-order valence-corrected chi connectivity index (χ4v) is 1.91. The van der Waals surface area contributed by atoms with Gasteiger partial charge < -0.3 is 10.2 Å². The van der Waals surface area contributed by atoms with Crippen LogP contribution in [0.4, 0.5) is 19.3 Å². The van der Waals surface area contributed by atoms with E-state index in [1.54, 1.807) is 12.1 Å². The van der Waals surface area contributed by atoms with E-state index >= 15 is 0 Å². The molecule has 0 atom stereocenters. The van der Waals surface area contributed by atoms with Gasteiger partial charge in [-0.05, 0) is 35.9 Å². The first kappa shape index (κ1) is 15.4. The summed E-state index contributed by atoms with van der Waals surface area (Å²) in [6, 6.07) is 10.8. The summed E-state index contributed by atoms with van der Waals surface area (Å²) in [5, 5.41) is 11.5. The molecule has 1 N–H and O–H groups in total. The largest absolute Gasteiger partial charge is 0.323 e. The second kappa shape index (κ2) is 6.68. The number of nitrogens with zero attached hydrogens (tertiary/aromatic N) is 2. The Kier molecular flexibility index (Phi) is 4.69. The Labute approximate surface area is 126 Å². The third-order valence-corrected chi connectivity index (χ3v) is 3.00. The molecule has 0 fully saturated rings. The van der Waals surface area contributed by atoms with E-state index in [4.69, 9.17) is 5.26 Å². The van der Waals surface area contributed by atoms with Crippen LogP contribution < -0.4 is 5.32 Å². The van der Waals surface area contributed by atoms with Crippen LogP contribution in [0.2, 0.25) is 0 Å². The van der Waals surface area contributed by atoms with E-state index < -0.39 is 11.8 Å². The number of urea groups is 1. The van der Waals surface area contributed by atoms with Crippen molar-refractivity contribution in [3.05, 3.63) is 65.2 Å². The van der Waals surface area contributed by atoms with Gasteiger partial charge in [0.2, 0.25) is 0 Å². The van der Waals surface area contributed by atoms with E-state index in [9.17, 15) is 13.6 Å². The van der Waals surface area contributed by atoms with Gasteiger partial charge in [-0.2, -0.15) is 5.26 Å². The highest BCUT2D eigenvalue weighted by molar-refractivity contribution is 5.90. The maximum Gasteiger partial charge on any atom is 0.321 e. The van der Waals surface area contributed by atoms with Gasteiger partial charge in [-0.15, -0.1) is 0 Å². The number of amides is 2. The number of carbonyl (C=O) groups is 1. The molecule has 0 aliphatic heterocycles. The van der Waals surface area contributed by atoms with Gasteiger partial charge in [0.15, 0.2) is 0 Å². The Bertz CT molecular complexity index is 740. The predicted molar refractivity (Wildman–Crippen MR) is 78.0 cm³/mol. The van der Waals surface area contributed by atoms with E-state index in [2.05, 4.69) is 5.32 Å². The van der Waals surface area contributed by atoms with E-state index in [-0.39, 0.29) is 23.6 Å². The standard InChI is InChI=1S/C16H13F2N3O/c1-21(10-11-3-2-4-13(17)7-11)16(22)20-15-6-5-14(18)8-12(15)9-19/h2-8H,10H2,1H3,(H,20,22). The number of nitriles is 1. The van der Waals surface area contributed by atoms with Crippen LogP contribution in [0.3, 0.4) is 0 Å². The molecule has 0 bridgehead atoms. The first-order valence-electron chi connectivity index (χ1n) is 6.46. The van der Waals surface area contributed by atoms with Gasteiger partial charge in [0, 0.05) is 13.6 Å². The summed E-state index contributed by atoms with van der Waals surface area (Å²) in [7, 11) is 1.54. The lowest BCUT2D eigenvalue weighted by atomic mass is 10.2.